The van der Waals surface area contributed by atoms with Gasteiger partial charge in [0, 0.05) is 18.7 Å². The highest BCUT2D eigenvalue weighted by Crippen LogP contribution is 2.42. The number of carbonyl (C=O) groups excluding carboxylic acids is 2. The molecule has 1 heterocycles. The van der Waals surface area contributed by atoms with Gasteiger partial charge in [0.05, 0.1) is 18.7 Å². The van der Waals surface area contributed by atoms with E-state index in [2.05, 4.69) is 4.90 Å². The topological polar surface area (TPSA) is 99.5 Å². The predicted molar refractivity (Wildman–Crippen MR) is 153 cm³/mol. The largest absolute Gasteiger partial charge is 0.507 e. The second-order valence-electron chi connectivity index (χ2n) is 9.70. The molecule has 2 N–H and O–H groups in total. The lowest BCUT2D eigenvalue weighted by Crippen LogP contribution is -2.38. The Morgan fingerprint density at radius 2 is 1.73 bits per heavy atom. The number of methoxy groups -OCH3 is 1. The van der Waals surface area contributed by atoms with E-state index < -0.39 is 17.7 Å². The first-order chi connectivity index (χ1) is 19.3. The molecule has 1 amide bonds. The van der Waals surface area contributed by atoms with Crippen molar-refractivity contribution < 1.29 is 29.3 Å². The standard InChI is InChI=1S/C32H36N2O6/c1-5-33(6-2)16-17-34-29(23-12-15-26(35)27(19-23)39-4)28(31(37)32(34)38)30(36)25-14-13-24(18-21(25)3)40-20-22-10-8-7-9-11-22/h7-15,18-19,29,35-36H,5-6,16-17,20H2,1-4H3/b30-28+/t29-/m0/s1. The Balaban J connectivity index is 1.73. The average molecular weight is 545 g/mol. The highest BCUT2D eigenvalue weighted by Gasteiger charge is 2.46. The summed E-state index contributed by atoms with van der Waals surface area (Å²) in [6.45, 7) is 8.75. The van der Waals surface area contributed by atoms with Crippen molar-refractivity contribution in [2.45, 2.75) is 33.4 Å². The Morgan fingerprint density at radius 3 is 2.38 bits per heavy atom. The third-order valence-corrected chi connectivity index (χ3v) is 7.31. The molecule has 3 aromatic rings. The third-order valence-electron chi connectivity index (χ3n) is 7.31. The van der Waals surface area contributed by atoms with Crippen LogP contribution in [-0.4, -0.2) is 65.0 Å². The number of nitrogens with zero attached hydrogens (tertiary/aromatic N) is 2. The van der Waals surface area contributed by atoms with Gasteiger partial charge in [-0.2, -0.15) is 0 Å². The summed E-state index contributed by atoms with van der Waals surface area (Å²) in [5.41, 5.74) is 2.71. The molecule has 8 heteroatoms. The Bertz CT molecular complexity index is 1400. The summed E-state index contributed by atoms with van der Waals surface area (Å²) in [7, 11) is 1.43. The predicted octanol–water partition coefficient (Wildman–Crippen LogP) is 5.05. The van der Waals surface area contributed by atoms with Crippen LogP contribution >= 0.6 is 0 Å². The molecule has 3 aromatic carbocycles. The summed E-state index contributed by atoms with van der Waals surface area (Å²) in [5, 5.41) is 21.7. The molecule has 1 saturated heterocycles. The van der Waals surface area contributed by atoms with Gasteiger partial charge in [0.25, 0.3) is 11.7 Å². The summed E-state index contributed by atoms with van der Waals surface area (Å²) in [4.78, 5) is 30.4. The van der Waals surface area contributed by atoms with E-state index in [4.69, 9.17) is 9.47 Å². The summed E-state index contributed by atoms with van der Waals surface area (Å²) in [5.74, 6) is -0.912. The van der Waals surface area contributed by atoms with E-state index in [1.165, 1.54) is 18.1 Å². The van der Waals surface area contributed by atoms with E-state index >= 15 is 0 Å². The maximum atomic E-state index is 13.4. The highest BCUT2D eigenvalue weighted by atomic mass is 16.5. The molecule has 1 aliphatic rings. The molecule has 0 unspecified atom stereocenters. The van der Waals surface area contributed by atoms with Gasteiger partial charge in [0.15, 0.2) is 11.5 Å². The fourth-order valence-electron chi connectivity index (χ4n) is 4.99. The molecular formula is C32H36N2O6. The first-order valence-corrected chi connectivity index (χ1v) is 13.4. The summed E-state index contributed by atoms with van der Waals surface area (Å²) in [6.07, 6.45) is 0. The minimum Gasteiger partial charge on any atom is -0.507 e. The monoisotopic (exact) mass is 544 g/mol. The first kappa shape index (κ1) is 28.7. The number of aryl methyl sites for hydroxylation is 1. The number of aliphatic hydroxyl groups excluding tert-OH is 1. The lowest BCUT2D eigenvalue weighted by atomic mass is 9.93. The van der Waals surface area contributed by atoms with Crippen molar-refractivity contribution in [3.8, 4) is 17.2 Å². The minimum atomic E-state index is -0.849. The molecule has 1 aliphatic heterocycles. The fraction of sp³-hybridized carbons (Fsp3) is 0.312. The number of benzene rings is 3. The fourth-order valence-corrected chi connectivity index (χ4v) is 4.99. The van der Waals surface area contributed by atoms with Crippen LogP contribution in [0.4, 0.5) is 0 Å². The van der Waals surface area contributed by atoms with Crippen LogP contribution in [0.25, 0.3) is 5.76 Å². The van der Waals surface area contributed by atoms with Crippen molar-refractivity contribution in [1.29, 1.82) is 0 Å². The van der Waals surface area contributed by atoms with Crippen molar-refractivity contribution in [2.75, 3.05) is 33.3 Å². The summed E-state index contributed by atoms with van der Waals surface area (Å²) < 4.78 is 11.2. The summed E-state index contributed by atoms with van der Waals surface area (Å²) >= 11 is 0. The smallest absolute Gasteiger partial charge is 0.295 e. The van der Waals surface area contributed by atoms with Crippen LogP contribution in [0.3, 0.4) is 0 Å². The molecule has 40 heavy (non-hydrogen) atoms. The first-order valence-electron chi connectivity index (χ1n) is 13.4. The van der Waals surface area contributed by atoms with Gasteiger partial charge in [0.1, 0.15) is 18.1 Å². The Morgan fingerprint density at radius 1 is 1.00 bits per heavy atom. The minimum absolute atomic E-state index is 0.00153. The van der Waals surface area contributed by atoms with E-state index in [1.807, 2.05) is 51.1 Å². The lowest BCUT2D eigenvalue weighted by Gasteiger charge is -2.28. The number of hydrogen-bond acceptors (Lipinski definition) is 7. The molecule has 210 valence electrons. The highest BCUT2D eigenvalue weighted by molar-refractivity contribution is 6.46. The van der Waals surface area contributed by atoms with Crippen LogP contribution in [0.15, 0.2) is 72.3 Å². The number of aliphatic hydroxyl groups is 1. The molecule has 1 fully saturated rings. The van der Waals surface area contributed by atoms with Gasteiger partial charge in [-0.25, -0.2) is 0 Å². The SMILES string of the molecule is CCN(CC)CCN1C(=O)C(=O)/C(=C(/O)c2ccc(OCc3ccccc3)cc2C)[C@@H]1c1ccc(O)c(OC)c1. The molecule has 0 aromatic heterocycles. The lowest BCUT2D eigenvalue weighted by molar-refractivity contribution is -0.140. The molecular weight excluding hydrogens is 508 g/mol. The third kappa shape index (κ3) is 5.97. The average Bonchev–Trinajstić information content (AvgIpc) is 3.22. The second kappa shape index (κ2) is 12.7. The Kier molecular flexibility index (Phi) is 9.11. The number of phenolic OH excluding ortho intramolecular Hbond substituents is 1. The van der Waals surface area contributed by atoms with E-state index in [9.17, 15) is 19.8 Å². The van der Waals surface area contributed by atoms with Crippen molar-refractivity contribution >= 4 is 17.4 Å². The van der Waals surface area contributed by atoms with Crippen molar-refractivity contribution in [3.63, 3.8) is 0 Å². The molecule has 0 saturated carbocycles. The van der Waals surface area contributed by atoms with Crippen LogP contribution in [0, 0.1) is 6.92 Å². The van der Waals surface area contributed by atoms with Gasteiger partial charge in [0.2, 0.25) is 0 Å². The van der Waals surface area contributed by atoms with Crippen molar-refractivity contribution in [3.05, 3.63) is 94.6 Å². The van der Waals surface area contributed by atoms with Gasteiger partial charge in [-0.1, -0.05) is 50.2 Å². The number of ether oxygens (including phenoxy) is 2. The number of hydrogen-bond donors (Lipinski definition) is 2. The molecule has 0 radical (unpaired) electrons. The van der Waals surface area contributed by atoms with Crippen LogP contribution in [0.1, 0.15) is 42.1 Å². The normalized spacial score (nSPS) is 16.5. The van der Waals surface area contributed by atoms with E-state index in [-0.39, 0.29) is 22.8 Å². The zero-order chi connectivity index (χ0) is 28.8. The van der Waals surface area contributed by atoms with Crippen molar-refractivity contribution in [1.82, 2.24) is 9.80 Å². The van der Waals surface area contributed by atoms with Crippen LogP contribution in [0.5, 0.6) is 17.2 Å². The van der Waals surface area contributed by atoms with Crippen LogP contribution < -0.4 is 9.47 Å². The number of phenols is 1. The number of Topliss-reactive ketones (excluding diaryl/α,β-unsaturated/α-hetero) is 1. The van der Waals surface area contributed by atoms with E-state index in [0.29, 0.717) is 42.1 Å². The quantitative estimate of drug-likeness (QED) is 0.198. The Hall–Kier alpha value is -4.30. The van der Waals surface area contributed by atoms with E-state index in [0.717, 1.165) is 18.7 Å². The number of likely N-dealkylation sites (tertiary alicyclic amines) is 1. The van der Waals surface area contributed by atoms with Gasteiger partial charge in [-0.05, 0) is 67.0 Å². The summed E-state index contributed by atoms with van der Waals surface area (Å²) in [6, 6.07) is 18.9. The van der Waals surface area contributed by atoms with E-state index in [1.54, 1.807) is 30.3 Å². The number of likely N-dealkylation sites (N-methyl/N-ethyl adjacent to an activating group) is 1. The number of rotatable bonds is 11. The molecule has 4 rings (SSSR count). The van der Waals surface area contributed by atoms with Crippen LogP contribution in [-0.2, 0) is 16.2 Å². The number of amides is 1. The van der Waals surface area contributed by atoms with Gasteiger partial charge < -0.3 is 29.5 Å². The molecule has 0 bridgehead atoms. The van der Waals surface area contributed by atoms with Gasteiger partial charge in [-0.3, -0.25) is 9.59 Å². The number of aromatic hydroxyl groups is 1. The zero-order valence-electron chi connectivity index (χ0n) is 23.4. The second-order valence-corrected chi connectivity index (χ2v) is 9.70. The molecule has 0 spiro atoms. The number of ketones is 1. The van der Waals surface area contributed by atoms with Gasteiger partial charge >= 0.3 is 0 Å². The van der Waals surface area contributed by atoms with Gasteiger partial charge in [-0.15, -0.1) is 0 Å². The molecule has 1 atom stereocenters. The number of carbonyl (C=O) groups is 2. The van der Waals surface area contributed by atoms with Crippen LogP contribution in [0.2, 0.25) is 0 Å². The zero-order valence-corrected chi connectivity index (χ0v) is 23.4. The Labute approximate surface area is 235 Å². The molecule has 0 aliphatic carbocycles. The maximum Gasteiger partial charge on any atom is 0.295 e. The maximum absolute atomic E-state index is 13.4. The molecule has 8 nitrogen and oxygen atoms in total. The van der Waals surface area contributed by atoms with Crippen molar-refractivity contribution in [2.24, 2.45) is 0 Å².